The molecule has 0 bridgehead atoms. The van der Waals surface area contributed by atoms with Crippen molar-refractivity contribution in [2.75, 3.05) is 16.4 Å². The van der Waals surface area contributed by atoms with Gasteiger partial charge in [0.1, 0.15) is 23.8 Å². The lowest BCUT2D eigenvalue weighted by atomic mass is 10.3. The summed E-state index contributed by atoms with van der Waals surface area (Å²) in [6, 6.07) is -1.00. The summed E-state index contributed by atoms with van der Waals surface area (Å²) >= 11 is 0.985. The predicted molar refractivity (Wildman–Crippen MR) is 108 cm³/mol. The number of nitrogens with one attached hydrogen (secondary N) is 2. The summed E-state index contributed by atoms with van der Waals surface area (Å²) < 4.78 is 77.5. The van der Waals surface area contributed by atoms with Gasteiger partial charge in [0.15, 0.2) is 5.82 Å². The molecule has 0 saturated carbocycles. The number of carbonyl (C=O) groups is 1. The molecule has 0 aliphatic heterocycles. The van der Waals surface area contributed by atoms with Gasteiger partial charge in [-0.3, -0.25) is 4.79 Å². The first-order valence-electron chi connectivity index (χ1n) is 9.18. The van der Waals surface area contributed by atoms with Crippen molar-refractivity contribution < 1.29 is 36.2 Å². The summed E-state index contributed by atoms with van der Waals surface area (Å²) in [6.07, 6.45) is -9.34. The Kier molecular flexibility index (Phi) is 8.29. The van der Waals surface area contributed by atoms with E-state index in [2.05, 4.69) is 19.9 Å². The van der Waals surface area contributed by atoms with E-state index in [4.69, 9.17) is 10.8 Å². The molecule has 2 heterocycles. The van der Waals surface area contributed by atoms with E-state index >= 15 is 0 Å². The molecular formula is C17H19F6N7O2S. The monoisotopic (exact) mass is 499 g/mol. The summed E-state index contributed by atoms with van der Waals surface area (Å²) in [5, 5.41) is 13.1. The molecule has 5 N–H and O–H groups in total. The van der Waals surface area contributed by atoms with Gasteiger partial charge in [0, 0.05) is 5.75 Å². The lowest BCUT2D eigenvalue weighted by Gasteiger charge is -2.20. The standard InChI is InChI=1S/C17H19F6N7O2S/c1-7(16(18,19)20)25-14-28-12(29-15(30-14)26-8(2)17(21,22)23)10-4-3-5-11(27-10)33-6-9(24)13(31)32/h3-5,7-9H,6,24H2,1-2H3,(H,31,32)(H2,25,26,28,29,30). The number of anilines is 2. The van der Waals surface area contributed by atoms with Crippen molar-refractivity contribution in [1.29, 1.82) is 0 Å². The summed E-state index contributed by atoms with van der Waals surface area (Å²) in [5.41, 5.74) is 5.45. The van der Waals surface area contributed by atoms with E-state index in [1.54, 1.807) is 0 Å². The highest BCUT2D eigenvalue weighted by molar-refractivity contribution is 7.99. The smallest absolute Gasteiger partial charge is 0.408 e. The van der Waals surface area contributed by atoms with Crippen LogP contribution in [0.25, 0.3) is 11.5 Å². The molecular weight excluding hydrogens is 480 g/mol. The van der Waals surface area contributed by atoms with Crippen molar-refractivity contribution in [1.82, 2.24) is 19.9 Å². The molecule has 0 spiro atoms. The summed E-state index contributed by atoms with van der Waals surface area (Å²) in [6.45, 7) is 1.58. The maximum absolute atomic E-state index is 12.9. The largest absolute Gasteiger partial charge is 0.480 e. The highest BCUT2D eigenvalue weighted by Gasteiger charge is 2.38. The minimum Gasteiger partial charge on any atom is -0.480 e. The number of hydrogen-bond donors (Lipinski definition) is 4. The Morgan fingerprint density at radius 3 is 1.97 bits per heavy atom. The first kappa shape index (κ1) is 26.4. The molecule has 9 nitrogen and oxygen atoms in total. The molecule has 3 unspecified atom stereocenters. The van der Waals surface area contributed by atoms with Crippen molar-refractivity contribution in [3.8, 4) is 11.5 Å². The number of hydrogen-bond acceptors (Lipinski definition) is 9. The zero-order valence-corrected chi connectivity index (χ0v) is 17.9. The second kappa shape index (κ2) is 10.4. The van der Waals surface area contributed by atoms with Crippen LogP contribution >= 0.6 is 11.8 Å². The van der Waals surface area contributed by atoms with Crippen LogP contribution in [0.3, 0.4) is 0 Å². The van der Waals surface area contributed by atoms with E-state index in [0.717, 1.165) is 25.6 Å². The molecule has 0 aromatic carbocycles. The third-order valence-corrected chi connectivity index (χ3v) is 5.04. The maximum Gasteiger partial charge on any atom is 0.408 e. The van der Waals surface area contributed by atoms with Crippen LogP contribution in [0.5, 0.6) is 0 Å². The van der Waals surface area contributed by atoms with Gasteiger partial charge in [-0.2, -0.15) is 41.3 Å². The molecule has 0 amide bonds. The fraction of sp³-hybridized carbons (Fsp3) is 0.471. The number of nitrogens with zero attached hydrogens (tertiary/aromatic N) is 4. The van der Waals surface area contributed by atoms with Crippen molar-refractivity contribution in [3.63, 3.8) is 0 Å². The molecule has 33 heavy (non-hydrogen) atoms. The van der Waals surface area contributed by atoms with Crippen LogP contribution in [0.15, 0.2) is 23.2 Å². The number of aromatic nitrogens is 4. The Labute approximate surface area is 187 Å². The molecule has 182 valence electrons. The molecule has 3 atom stereocenters. The van der Waals surface area contributed by atoms with Crippen LogP contribution in [-0.2, 0) is 4.79 Å². The van der Waals surface area contributed by atoms with Gasteiger partial charge in [-0.05, 0) is 26.0 Å². The number of aliphatic carboxylic acids is 1. The minimum atomic E-state index is -4.67. The van der Waals surface area contributed by atoms with E-state index < -0.39 is 48.3 Å². The number of nitrogens with two attached hydrogens (primary N) is 1. The van der Waals surface area contributed by atoms with Crippen LogP contribution in [0.4, 0.5) is 38.2 Å². The Hall–Kier alpha value is -2.88. The van der Waals surface area contributed by atoms with Crippen LogP contribution < -0.4 is 16.4 Å². The molecule has 16 heteroatoms. The van der Waals surface area contributed by atoms with Crippen LogP contribution in [0, 0.1) is 0 Å². The first-order valence-corrected chi connectivity index (χ1v) is 10.2. The van der Waals surface area contributed by atoms with Gasteiger partial charge in [0.2, 0.25) is 11.9 Å². The lowest BCUT2D eigenvalue weighted by Crippen LogP contribution is -2.35. The number of halogens is 6. The zero-order valence-electron chi connectivity index (χ0n) is 17.1. The Morgan fingerprint density at radius 2 is 1.52 bits per heavy atom. The maximum atomic E-state index is 12.9. The Bertz CT molecular complexity index is 935. The molecule has 2 rings (SSSR count). The lowest BCUT2D eigenvalue weighted by molar-refractivity contribution is -0.139. The number of alkyl halides is 6. The molecule has 0 radical (unpaired) electrons. The van der Waals surface area contributed by atoms with E-state index in [9.17, 15) is 31.1 Å². The van der Waals surface area contributed by atoms with Gasteiger partial charge in [-0.1, -0.05) is 6.07 Å². The van der Waals surface area contributed by atoms with Crippen LogP contribution in [-0.4, -0.2) is 67.2 Å². The molecule has 0 saturated heterocycles. The predicted octanol–water partition coefficient (Wildman–Crippen LogP) is 3.16. The number of pyridine rings is 1. The Morgan fingerprint density at radius 1 is 1.00 bits per heavy atom. The number of carboxylic acid groups (broad SMARTS) is 1. The van der Waals surface area contributed by atoms with E-state index in [0.29, 0.717) is 5.03 Å². The van der Waals surface area contributed by atoms with Gasteiger partial charge >= 0.3 is 18.3 Å². The van der Waals surface area contributed by atoms with Crippen molar-refractivity contribution in [2.45, 2.75) is 49.4 Å². The van der Waals surface area contributed by atoms with Gasteiger partial charge in [-0.15, -0.1) is 11.8 Å². The topological polar surface area (TPSA) is 139 Å². The minimum absolute atomic E-state index is 0.0109. The third-order valence-electron chi connectivity index (χ3n) is 3.99. The highest BCUT2D eigenvalue weighted by atomic mass is 32.2. The summed E-state index contributed by atoms with van der Waals surface area (Å²) in [4.78, 5) is 26.3. The van der Waals surface area contributed by atoms with E-state index in [1.165, 1.54) is 18.2 Å². The molecule has 2 aromatic heterocycles. The average molecular weight is 499 g/mol. The van der Waals surface area contributed by atoms with Crippen molar-refractivity contribution >= 4 is 29.6 Å². The average Bonchev–Trinajstić information content (AvgIpc) is 2.70. The third kappa shape index (κ3) is 7.88. The number of thioether (sulfide) groups is 1. The van der Waals surface area contributed by atoms with Crippen molar-refractivity contribution in [2.24, 2.45) is 5.73 Å². The van der Waals surface area contributed by atoms with E-state index in [1.807, 2.05) is 10.6 Å². The van der Waals surface area contributed by atoms with Gasteiger partial charge in [0.25, 0.3) is 0 Å². The highest BCUT2D eigenvalue weighted by Crippen LogP contribution is 2.26. The zero-order chi connectivity index (χ0) is 25.0. The second-order valence-corrected chi connectivity index (χ2v) is 7.78. The summed E-state index contributed by atoms with van der Waals surface area (Å²) in [7, 11) is 0. The molecule has 0 aliphatic carbocycles. The Balaban J connectivity index is 2.40. The normalized spacial score (nSPS) is 14.9. The van der Waals surface area contributed by atoms with E-state index in [-0.39, 0.29) is 17.3 Å². The van der Waals surface area contributed by atoms with Crippen molar-refractivity contribution in [3.05, 3.63) is 18.2 Å². The van der Waals surface area contributed by atoms with Gasteiger partial charge in [-0.25, -0.2) is 4.98 Å². The quantitative estimate of drug-likeness (QED) is 0.301. The first-order chi connectivity index (χ1) is 15.2. The number of carboxylic acids is 1. The molecule has 2 aromatic rings. The molecule has 0 fully saturated rings. The fourth-order valence-corrected chi connectivity index (χ4v) is 2.87. The SMILES string of the molecule is CC(Nc1nc(NC(C)C(F)(F)F)nc(-c2cccc(SCC(N)C(=O)O)n2)n1)C(F)(F)F. The number of rotatable bonds is 9. The molecule has 0 aliphatic rings. The van der Waals surface area contributed by atoms with Crippen LogP contribution in [0.1, 0.15) is 13.8 Å². The van der Waals surface area contributed by atoms with Crippen LogP contribution in [0.2, 0.25) is 0 Å². The van der Waals surface area contributed by atoms with Gasteiger partial charge in [0.05, 0.1) is 5.03 Å². The second-order valence-electron chi connectivity index (χ2n) is 6.74. The summed E-state index contributed by atoms with van der Waals surface area (Å²) in [5.74, 6) is -2.79. The van der Waals surface area contributed by atoms with Gasteiger partial charge < -0.3 is 21.5 Å². The fourth-order valence-electron chi connectivity index (χ4n) is 2.04.